The van der Waals surface area contributed by atoms with Crippen molar-refractivity contribution in [1.29, 1.82) is 0 Å². The average molecular weight is 549 g/mol. The second kappa shape index (κ2) is 9.13. The van der Waals surface area contributed by atoms with Crippen LogP contribution in [0.2, 0.25) is 0 Å². The highest BCUT2D eigenvalue weighted by atomic mass is 32.1. The molecular weight excluding hydrogens is 533 g/mol. The Hall–Kier alpha value is -4.91. The molecule has 1 aliphatic rings. The van der Waals surface area contributed by atoms with E-state index in [1.54, 1.807) is 48.8 Å². The zero-order chi connectivity index (χ0) is 27.3. The van der Waals surface area contributed by atoms with Crippen LogP contribution in [-0.2, 0) is 15.8 Å². The second-order valence-electron chi connectivity index (χ2n) is 8.52. The van der Waals surface area contributed by atoms with E-state index in [2.05, 4.69) is 20.4 Å². The predicted molar refractivity (Wildman–Crippen MR) is 137 cm³/mol. The minimum absolute atomic E-state index is 0.0595. The molecule has 2 aromatic carbocycles. The number of alkyl halides is 3. The highest BCUT2D eigenvalue weighted by Gasteiger charge is 2.36. The number of aromatic nitrogens is 4. The molecule has 0 aliphatic carbocycles. The van der Waals surface area contributed by atoms with E-state index in [0.29, 0.717) is 22.6 Å². The normalized spacial score (nSPS) is 14.6. The lowest BCUT2D eigenvalue weighted by atomic mass is 10.1. The molecule has 0 atom stereocenters. The number of hydrogen-bond donors (Lipinski definition) is 1. The van der Waals surface area contributed by atoms with E-state index in [-0.39, 0.29) is 20.8 Å². The van der Waals surface area contributed by atoms with Gasteiger partial charge in [0, 0.05) is 29.2 Å². The molecule has 0 saturated carbocycles. The number of hydrogen-bond acceptors (Lipinski definition) is 7. The van der Waals surface area contributed by atoms with E-state index in [4.69, 9.17) is 0 Å². The molecule has 0 unspecified atom stereocenters. The third kappa shape index (κ3) is 4.32. The molecule has 194 valence electrons. The molecule has 1 N–H and O–H groups in total. The van der Waals surface area contributed by atoms with E-state index in [1.807, 2.05) is 0 Å². The fourth-order valence-electron chi connectivity index (χ4n) is 4.28. The van der Waals surface area contributed by atoms with Gasteiger partial charge in [-0.1, -0.05) is 35.6 Å². The third-order valence-electron chi connectivity index (χ3n) is 6.00. The largest absolute Gasteiger partial charge is 0.416 e. The van der Waals surface area contributed by atoms with Crippen molar-refractivity contribution >= 4 is 45.1 Å². The number of thiazole rings is 1. The van der Waals surface area contributed by atoms with Gasteiger partial charge in [-0.05, 0) is 36.4 Å². The quantitative estimate of drug-likeness (QED) is 0.370. The van der Waals surface area contributed by atoms with Crippen molar-refractivity contribution in [2.24, 2.45) is 0 Å². The first-order chi connectivity index (χ1) is 18.7. The number of para-hydroxylation sites is 1. The molecule has 3 aromatic heterocycles. The van der Waals surface area contributed by atoms with Crippen molar-refractivity contribution in [2.45, 2.75) is 6.18 Å². The zero-order valence-corrected chi connectivity index (χ0v) is 20.5. The van der Waals surface area contributed by atoms with Crippen LogP contribution in [0.25, 0.3) is 21.9 Å². The Kier molecular flexibility index (Phi) is 5.72. The number of anilines is 2. The average Bonchev–Trinajstić information content (AvgIpc) is 3.55. The number of benzene rings is 2. The molecule has 13 heteroatoms. The minimum Gasteiger partial charge on any atom is -0.325 e. The number of rotatable bonds is 4. The zero-order valence-electron chi connectivity index (χ0n) is 19.6. The van der Waals surface area contributed by atoms with Crippen molar-refractivity contribution in [1.82, 2.24) is 19.6 Å². The monoisotopic (exact) mass is 548 g/mol. The fraction of sp³-hybridized carbons (Fsp3) is 0.0769. The SMILES string of the molecule is O=C(CN1C(=O)C(=c2sc3nc(-c4cccnc4)nn3c2=O)c2ccccc21)Nc1cccc(C(F)(F)F)c1. The molecule has 39 heavy (non-hydrogen) atoms. The van der Waals surface area contributed by atoms with E-state index in [9.17, 15) is 27.6 Å². The maximum atomic E-state index is 13.5. The summed E-state index contributed by atoms with van der Waals surface area (Å²) in [7, 11) is 0. The van der Waals surface area contributed by atoms with Crippen molar-refractivity contribution < 1.29 is 22.8 Å². The van der Waals surface area contributed by atoms with Crippen LogP contribution in [0.1, 0.15) is 11.1 Å². The summed E-state index contributed by atoms with van der Waals surface area (Å²) in [5.41, 5.74) is 0.0610. The summed E-state index contributed by atoms with van der Waals surface area (Å²) in [4.78, 5) is 49.5. The van der Waals surface area contributed by atoms with Crippen molar-refractivity contribution in [2.75, 3.05) is 16.8 Å². The van der Waals surface area contributed by atoms with E-state index in [0.717, 1.165) is 28.0 Å². The first-order valence-corrected chi connectivity index (χ1v) is 12.2. The standard InChI is InChI=1S/C26H15F3N6O3S/c27-26(28,29)15-6-3-7-16(11-15)31-19(36)13-34-18-9-2-1-8-17(18)20(23(34)37)21-24(38)35-25(39-21)32-22(33-35)14-5-4-10-30-12-14/h1-12H,13H2,(H,31,36). The van der Waals surface area contributed by atoms with Gasteiger partial charge in [-0.3, -0.25) is 24.3 Å². The van der Waals surface area contributed by atoms with Gasteiger partial charge in [-0.15, -0.1) is 5.10 Å². The number of amides is 2. The van der Waals surface area contributed by atoms with Crippen molar-refractivity contribution in [3.8, 4) is 11.4 Å². The molecule has 0 saturated heterocycles. The van der Waals surface area contributed by atoms with Gasteiger partial charge < -0.3 is 5.32 Å². The van der Waals surface area contributed by atoms with Gasteiger partial charge >= 0.3 is 6.18 Å². The number of halogens is 3. The highest BCUT2D eigenvalue weighted by Crippen LogP contribution is 2.35. The summed E-state index contributed by atoms with van der Waals surface area (Å²) in [5.74, 6) is -0.983. The molecule has 6 rings (SSSR count). The topological polar surface area (TPSA) is 110 Å². The van der Waals surface area contributed by atoms with Gasteiger partial charge in [0.15, 0.2) is 5.82 Å². The third-order valence-corrected chi connectivity index (χ3v) is 7.03. The number of nitrogens with zero attached hydrogens (tertiary/aromatic N) is 5. The number of fused-ring (bicyclic) bond motifs is 2. The molecule has 4 heterocycles. The van der Waals surface area contributed by atoms with Gasteiger partial charge in [0.1, 0.15) is 11.1 Å². The van der Waals surface area contributed by atoms with Gasteiger partial charge in [-0.25, -0.2) is 0 Å². The Morgan fingerprint density at radius 3 is 2.59 bits per heavy atom. The minimum atomic E-state index is -4.57. The molecule has 1 aliphatic heterocycles. The number of pyridine rings is 1. The summed E-state index contributed by atoms with van der Waals surface area (Å²) in [5, 5.41) is 6.68. The molecule has 0 spiro atoms. The Morgan fingerprint density at radius 1 is 1.03 bits per heavy atom. The van der Waals surface area contributed by atoms with Crippen LogP contribution in [0.5, 0.6) is 0 Å². The fourth-order valence-corrected chi connectivity index (χ4v) is 5.27. The molecule has 5 aromatic rings. The summed E-state index contributed by atoms with van der Waals surface area (Å²) >= 11 is 0.996. The van der Waals surface area contributed by atoms with Gasteiger partial charge in [-0.2, -0.15) is 22.7 Å². The first kappa shape index (κ1) is 24.4. The number of carbonyl (C=O) groups is 2. The number of carbonyl (C=O) groups excluding carboxylic acids is 2. The smallest absolute Gasteiger partial charge is 0.325 e. The lowest BCUT2D eigenvalue weighted by molar-refractivity contribution is -0.137. The Bertz CT molecular complexity index is 1880. The van der Waals surface area contributed by atoms with Crippen LogP contribution in [0.4, 0.5) is 24.5 Å². The van der Waals surface area contributed by atoms with Crippen molar-refractivity contribution in [3.63, 3.8) is 0 Å². The van der Waals surface area contributed by atoms with E-state index < -0.39 is 35.7 Å². The van der Waals surface area contributed by atoms with Crippen molar-refractivity contribution in [3.05, 3.63) is 99.1 Å². The van der Waals surface area contributed by atoms with Crippen LogP contribution < -0.4 is 20.3 Å². The maximum Gasteiger partial charge on any atom is 0.416 e. The van der Waals surface area contributed by atoms with E-state index >= 15 is 0 Å². The highest BCUT2D eigenvalue weighted by molar-refractivity contribution is 7.15. The number of nitrogens with one attached hydrogen (secondary N) is 1. The Labute approximate surface area is 220 Å². The van der Waals surface area contributed by atoms with Crippen LogP contribution in [0.15, 0.2) is 77.9 Å². The van der Waals surface area contributed by atoms with Gasteiger partial charge in [0.05, 0.1) is 16.8 Å². The summed E-state index contributed by atoms with van der Waals surface area (Å²) < 4.78 is 40.4. The van der Waals surface area contributed by atoms with Crippen LogP contribution in [0.3, 0.4) is 0 Å². The maximum absolute atomic E-state index is 13.5. The molecule has 0 fully saturated rings. The van der Waals surface area contributed by atoms with Gasteiger partial charge in [0.2, 0.25) is 10.9 Å². The van der Waals surface area contributed by atoms with Crippen LogP contribution in [-0.4, -0.2) is 37.9 Å². The first-order valence-electron chi connectivity index (χ1n) is 11.4. The van der Waals surface area contributed by atoms with Crippen LogP contribution >= 0.6 is 11.3 Å². The van der Waals surface area contributed by atoms with E-state index in [1.165, 1.54) is 17.0 Å². The molecule has 9 nitrogen and oxygen atoms in total. The molecule has 0 bridgehead atoms. The molecule has 2 amide bonds. The van der Waals surface area contributed by atoms with Gasteiger partial charge in [0.25, 0.3) is 11.5 Å². The Balaban J connectivity index is 1.35. The van der Waals surface area contributed by atoms with Crippen LogP contribution in [0, 0.1) is 0 Å². The summed E-state index contributed by atoms with van der Waals surface area (Å²) in [6.07, 6.45) is -1.40. The second-order valence-corrected chi connectivity index (χ2v) is 9.50. The summed E-state index contributed by atoms with van der Waals surface area (Å²) in [6.45, 7) is -0.476. The lowest BCUT2D eigenvalue weighted by Crippen LogP contribution is -2.37. The molecular formula is C26H15F3N6O3S. The predicted octanol–water partition coefficient (Wildman–Crippen LogP) is 3.14. The summed E-state index contributed by atoms with van der Waals surface area (Å²) in [6, 6.07) is 14.3. The Morgan fingerprint density at radius 2 is 1.85 bits per heavy atom. The lowest BCUT2D eigenvalue weighted by Gasteiger charge is -2.17. The molecule has 0 radical (unpaired) electrons.